The monoisotopic (exact) mass is 577 g/mol. The summed E-state index contributed by atoms with van der Waals surface area (Å²) in [5.74, 6) is 0.522. The molecular weight excluding hydrogens is 542 g/mol. The number of hydrogen-bond donors (Lipinski definition) is 2. The summed E-state index contributed by atoms with van der Waals surface area (Å²) in [6, 6.07) is 4.95. The van der Waals surface area contributed by atoms with Gasteiger partial charge in [-0.1, -0.05) is 0 Å². The van der Waals surface area contributed by atoms with E-state index in [1.54, 1.807) is 25.1 Å². The van der Waals surface area contributed by atoms with E-state index in [-0.39, 0.29) is 36.1 Å². The van der Waals surface area contributed by atoms with Gasteiger partial charge in [0.15, 0.2) is 6.29 Å². The third kappa shape index (κ3) is 6.35. The van der Waals surface area contributed by atoms with Gasteiger partial charge in [-0.05, 0) is 43.7 Å². The fraction of sp³-hybridized carbons (Fsp3) is 0.517. The summed E-state index contributed by atoms with van der Waals surface area (Å²) in [7, 11) is 3.32. The van der Waals surface area contributed by atoms with Crippen LogP contribution in [0.3, 0.4) is 0 Å². The molecule has 0 saturated carbocycles. The molecule has 0 radical (unpaired) electrons. The molecule has 0 aliphatic carbocycles. The van der Waals surface area contributed by atoms with Gasteiger partial charge in [0.25, 0.3) is 5.91 Å². The average Bonchev–Trinajstić information content (AvgIpc) is 3.55. The molecular formula is C29H35N7O6. The Hall–Kier alpha value is -4.12. The SMILES string of the molecule is CO[C@H]1CCOC[C@@H]1Nc1cc(NC(=O)N2CCCc3cc(CN(C)C(=O)[C@H]4CCCO4)c(C=O)nc32)ncc1C#N. The molecule has 2 aromatic rings. The van der Waals surface area contributed by atoms with Gasteiger partial charge in [0.05, 0.1) is 30.0 Å². The van der Waals surface area contributed by atoms with Crippen LogP contribution in [-0.2, 0) is 32.0 Å². The molecule has 2 fully saturated rings. The van der Waals surface area contributed by atoms with Gasteiger partial charge in [-0.25, -0.2) is 14.8 Å². The van der Waals surface area contributed by atoms with E-state index in [2.05, 4.69) is 26.7 Å². The van der Waals surface area contributed by atoms with Crippen molar-refractivity contribution in [3.63, 3.8) is 0 Å². The molecule has 3 aliphatic heterocycles. The number of methoxy groups -OCH3 is 1. The number of aromatic nitrogens is 2. The van der Waals surface area contributed by atoms with E-state index < -0.39 is 12.1 Å². The topological polar surface area (TPSA) is 159 Å². The van der Waals surface area contributed by atoms with Gasteiger partial charge >= 0.3 is 6.03 Å². The summed E-state index contributed by atoms with van der Waals surface area (Å²) >= 11 is 0. The van der Waals surface area contributed by atoms with E-state index >= 15 is 0 Å². The molecule has 3 amide bonds. The van der Waals surface area contributed by atoms with Crippen LogP contribution in [-0.4, -0.2) is 91.9 Å². The minimum atomic E-state index is -0.461. The number of nitriles is 1. The molecule has 5 heterocycles. The lowest BCUT2D eigenvalue weighted by Crippen LogP contribution is -2.43. The van der Waals surface area contributed by atoms with Crippen molar-refractivity contribution in [2.75, 3.05) is 56.1 Å². The first-order valence-corrected chi connectivity index (χ1v) is 14.1. The second-order valence-electron chi connectivity index (χ2n) is 10.6. The Morgan fingerprint density at radius 2 is 2.14 bits per heavy atom. The summed E-state index contributed by atoms with van der Waals surface area (Å²) in [5.41, 5.74) is 2.43. The molecule has 42 heavy (non-hydrogen) atoms. The molecule has 0 spiro atoms. The van der Waals surface area contributed by atoms with E-state index in [4.69, 9.17) is 14.2 Å². The van der Waals surface area contributed by atoms with Crippen LogP contribution in [0.15, 0.2) is 18.3 Å². The highest BCUT2D eigenvalue weighted by atomic mass is 16.5. The van der Waals surface area contributed by atoms with Gasteiger partial charge < -0.3 is 24.4 Å². The number of ether oxygens (including phenoxy) is 3. The lowest BCUT2D eigenvalue weighted by atomic mass is 10.0. The third-order valence-electron chi connectivity index (χ3n) is 7.82. The van der Waals surface area contributed by atoms with Crippen LogP contribution in [0.1, 0.15) is 52.9 Å². The van der Waals surface area contributed by atoms with E-state index in [0.29, 0.717) is 74.5 Å². The number of anilines is 3. The van der Waals surface area contributed by atoms with Crippen molar-refractivity contribution in [3.05, 3.63) is 40.7 Å². The van der Waals surface area contributed by atoms with Gasteiger partial charge in [0.2, 0.25) is 0 Å². The van der Waals surface area contributed by atoms with E-state index in [9.17, 15) is 19.6 Å². The summed E-state index contributed by atoms with van der Waals surface area (Å²) in [6.45, 7) is 2.20. The highest BCUT2D eigenvalue weighted by Gasteiger charge is 2.30. The Morgan fingerprint density at radius 1 is 1.29 bits per heavy atom. The minimum absolute atomic E-state index is 0.0849. The first-order valence-electron chi connectivity index (χ1n) is 14.1. The molecule has 0 bridgehead atoms. The van der Waals surface area contributed by atoms with Gasteiger partial charge in [0, 0.05) is 58.3 Å². The molecule has 2 saturated heterocycles. The standard InChI is InChI=1S/C29H35N7O6/c1-35(28(38)25-6-4-9-42-25)15-19-11-18-5-3-8-36(27(18)33-22(19)16-37)29(39)34-26-12-21(20(13-30)14-31-26)32-23-17-41-10-7-24(23)40-2/h11-12,14,16,23-25H,3-10,15,17H2,1-2H3,(H2,31,32,34,39)/t23-,24-,25+/m0/s1. The molecule has 13 heteroatoms. The van der Waals surface area contributed by atoms with Crippen LogP contribution in [0.4, 0.5) is 22.1 Å². The fourth-order valence-corrected chi connectivity index (χ4v) is 5.58. The van der Waals surface area contributed by atoms with E-state index in [1.807, 2.05) is 6.07 Å². The van der Waals surface area contributed by atoms with Crippen LogP contribution in [0.25, 0.3) is 0 Å². The Bertz CT molecular complexity index is 1370. The van der Waals surface area contributed by atoms with Crippen molar-refractivity contribution >= 4 is 35.5 Å². The maximum atomic E-state index is 13.4. The van der Waals surface area contributed by atoms with Crippen molar-refractivity contribution in [1.82, 2.24) is 14.9 Å². The molecule has 2 N–H and O–H groups in total. The third-order valence-corrected chi connectivity index (χ3v) is 7.82. The number of aldehydes is 1. The molecule has 0 unspecified atom stereocenters. The summed E-state index contributed by atoms with van der Waals surface area (Å²) in [4.78, 5) is 50.1. The van der Waals surface area contributed by atoms with Crippen LogP contribution in [0.5, 0.6) is 0 Å². The number of carbonyl (C=O) groups excluding carboxylic acids is 3. The predicted molar refractivity (Wildman–Crippen MR) is 152 cm³/mol. The molecule has 0 aromatic carbocycles. The lowest BCUT2D eigenvalue weighted by molar-refractivity contribution is -0.140. The summed E-state index contributed by atoms with van der Waals surface area (Å²) in [5, 5.41) is 15.7. The van der Waals surface area contributed by atoms with Crippen LogP contribution in [0.2, 0.25) is 0 Å². The Morgan fingerprint density at radius 3 is 2.88 bits per heavy atom. The number of hydrogen-bond acceptors (Lipinski definition) is 10. The van der Waals surface area contributed by atoms with Crippen molar-refractivity contribution in [1.29, 1.82) is 5.26 Å². The Balaban J connectivity index is 1.32. The van der Waals surface area contributed by atoms with Gasteiger partial charge in [-0.3, -0.25) is 19.8 Å². The van der Waals surface area contributed by atoms with Crippen molar-refractivity contribution in [2.45, 2.75) is 56.9 Å². The zero-order valence-corrected chi connectivity index (χ0v) is 23.8. The Kier molecular flexibility index (Phi) is 9.26. The van der Waals surface area contributed by atoms with Crippen LogP contribution >= 0.6 is 0 Å². The van der Waals surface area contributed by atoms with Crippen molar-refractivity contribution in [3.8, 4) is 6.07 Å². The average molecular weight is 578 g/mol. The number of carbonyl (C=O) groups is 3. The van der Waals surface area contributed by atoms with Gasteiger partial charge in [-0.15, -0.1) is 0 Å². The lowest BCUT2D eigenvalue weighted by Gasteiger charge is -2.32. The van der Waals surface area contributed by atoms with Crippen LogP contribution < -0.4 is 15.5 Å². The number of nitrogens with zero attached hydrogens (tertiary/aromatic N) is 5. The largest absolute Gasteiger partial charge is 0.379 e. The first kappa shape index (κ1) is 29.4. The quantitative estimate of drug-likeness (QED) is 0.446. The van der Waals surface area contributed by atoms with Gasteiger partial charge in [0.1, 0.15) is 29.5 Å². The van der Waals surface area contributed by atoms with E-state index in [0.717, 1.165) is 18.4 Å². The molecule has 222 valence electrons. The van der Waals surface area contributed by atoms with Gasteiger partial charge in [-0.2, -0.15) is 5.26 Å². The van der Waals surface area contributed by atoms with E-state index in [1.165, 1.54) is 11.1 Å². The molecule has 3 atom stereocenters. The highest BCUT2D eigenvalue weighted by molar-refractivity contribution is 6.02. The minimum Gasteiger partial charge on any atom is -0.379 e. The maximum absolute atomic E-state index is 13.4. The number of amides is 3. The Labute approximate surface area is 244 Å². The number of aryl methyl sites for hydroxylation is 1. The number of likely N-dealkylation sites (N-methyl/N-ethyl adjacent to an activating group) is 1. The number of nitrogens with one attached hydrogen (secondary N) is 2. The summed E-state index contributed by atoms with van der Waals surface area (Å²) < 4.78 is 16.7. The number of rotatable bonds is 8. The molecule has 5 rings (SSSR count). The number of urea groups is 1. The van der Waals surface area contributed by atoms with Crippen molar-refractivity contribution in [2.24, 2.45) is 0 Å². The predicted octanol–water partition coefficient (Wildman–Crippen LogP) is 2.50. The second-order valence-corrected chi connectivity index (χ2v) is 10.6. The maximum Gasteiger partial charge on any atom is 0.328 e. The number of fused-ring (bicyclic) bond motifs is 1. The number of pyridine rings is 2. The zero-order chi connectivity index (χ0) is 29.6. The molecule has 3 aliphatic rings. The van der Waals surface area contributed by atoms with Crippen molar-refractivity contribution < 1.29 is 28.6 Å². The molecule has 13 nitrogen and oxygen atoms in total. The second kappa shape index (κ2) is 13.2. The molecule has 2 aromatic heterocycles. The normalized spacial score (nSPS) is 21.6. The summed E-state index contributed by atoms with van der Waals surface area (Å²) in [6.07, 6.45) is 5.13. The van der Waals surface area contributed by atoms with Crippen LogP contribution in [0, 0.1) is 11.3 Å². The fourth-order valence-electron chi connectivity index (χ4n) is 5.58. The highest BCUT2D eigenvalue weighted by Crippen LogP contribution is 2.29. The smallest absolute Gasteiger partial charge is 0.328 e. The first-order chi connectivity index (χ1) is 20.4. The zero-order valence-electron chi connectivity index (χ0n) is 23.8.